The Morgan fingerprint density at radius 1 is 1.24 bits per heavy atom. The Hall–Kier alpha value is -2.07. The van der Waals surface area contributed by atoms with Gasteiger partial charge in [-0.2, -0.15) is 0 Å². The number of nitrogen functional groups attached to an aromatic ring is 1. The van der Waals surface area contributed by atoms with Gasteiger partial charge in [0.1, 0.15) is 5.82 Å². The number of hydrogen-bond acceptors (Lipinski definition) is 3. The van der Waals surface area contributed by atoms with E-state index in [1.807, 2.05) is 0 Å². The predicted molar refractivity (Wildman–Crippen MR) is 88.8 cm³/mol. The van der Waals surface area contributed by atoms with Crippen molar-refractivity contribution in [3.63, 3.8) is 0 Å². The number of nitrogens with zero attached hydrogens (tertiary/aromatic N) is 1. The van der Waals surface area contributed by atoms with Crippen LogP contribution in [-0.2, 0) is 11.2 Å². The summed E-state index contributed by atoms with van der Waals surface area (Å²) in [5.41, 5.74) is 9.85. The molecule has 0 atom stereocenters. The molecular formula is C16H20ClN3O. The summed E-state index contributed by atoms with van der Waals surface area (Å²) in [7, 11) is 0. The van der Waals surface area contributed by atoms with Crippen molar-refractivity contribution in [2.45, 2.75) is 26.7 Å². The number of carbonyl (C=O) groups excluding carboxylic acids is 1. The van der Waals surface area contributed by atoms with E-state index in [9.17, 15) is 4.79 Å². The highest BCUT2D eigenvalue weighted by Gasteiger charge is 2.05. The van der Waals surface area contributed by atoms with Crippen LogP contribution in [-0.4, -0.2) is 10.9 Å². The highest BCUT2D eigenvalue weighted by molar-refractivity contribution is 5.90. The average molecular weight is 306 g/mol. The van der Waals surface area contributed by atoms with E-state index in [1.54, 1.807) is 18.3 Å². The molecule has 1 amide bonds. The molecule has 0 spiro atoms. The molecule has 0 saturated carbocycles. The van der Waals surface area contributed by atoms with E-state index in [0.29, 0.717) is 17.9 Å². The van der Waals surface area contributed by atoms with Gasteiger partial charge in [-0.25, -0.2) is 4.98 Å². The van der Waals surface area contributed by atoms with Crippen LogP contribution in [0.25, 0.3) is 0 Å². The van der Waals surface area contributed by atoms with Crippen molar-refractivity contribution < 1.29 is 4.79 Å². The van der Waals surface area contributed by atoms with Crippen molar-refractivity contribution in [3.8, 4) is 0 Å². The minimum absolute atomic E-state index is 0. The molecule has 2 rings (SSSR count). The molecule has 0 radical (unpaired) electrons. The van der Waals surface area contributed by atoms with Crippen molar-refractivity contribution >= 4 is 29.8 Å². The molecule has 0 aliphatic rings. The Kier molecular flexibility index (Phi) is 6.18. The molecular weight excluding hydrogens is 286 g/mol. The Labute approximate surface area is 131 Å². The molecule has 1 aromatic heterocycles. The van der Waals surface area contributed by atoms with Gasteiger partial charge in [0.15, 0.2) is 0 Å². The summed E-state index contributed by atoms with van der Waals surface area (Å²) in [4.78, 5) is 15.8. The molecule has 0 aliphatic carbocycles. The minimum atomic E-state index is -0.0171. The Morgan fingerprint density at radius 2 is 2.00 bits per heavy atom. The SMILES string of the molecule is Cc1ccc(CCC(=O)Nc2ccc(N)nc2)c(C)c1.Cl. The van der Waals surface area contributed by atoms with Gasteiger partial charge >= 0.3 is 0 Å². The summed E-state index contributed by atoms with van der Waals surface area (Å²) < 4.78 is 0. The van der Waals surface area contributed by atoms with Crippen LogP contribution in [0.1, 0.15) is 23.1 Å². The summed E-state index contributed by atoms with van der Waals surface area (Å²) >= 11 is 0. The second-order valence-corrected chi connectivity index (χ2v) is 4.95. The predicted octanol–water partition coefficient (Wildman–Crippen LogP) is 3.27. The monoisotopic (exact) mass is 305 g/mol. The van der Waals surface area contributed by atoms with Gasteiger partial charge in [0, 0.05) is 6.42 Å². The van der Waals surface area contributed by atoms with Gasteiger partial charge in [0.25, 0.3) is 0 Å². The lowest BCUT2D eigenvalue weighted by molar-refractivity contribution is -0.116. The lowest BCUT2D eigenvalue weighted by Gasteiger charge is -2.08. The van der Waals surface area contributed by atoms with Crippen LogP contribution in [0.3, 0.4) is 0 Å². The molecule has 0 aliphatic heterocycles. The van der Waals surface area contributed by atoms with Gasteiger partial charge in [-0.1, -0.05) is 23.8 Å². The van der Waals surface area contributed by atoms with Crippen LogP contribution in [0.4, 0.5) is 11.5 Å². The third kappa shape index (κ3) is 5.08. The van der Waals surface area contributed by atoms with Gasteiger partial charge in [0.2, 0.25) is 5.91 Å². The van der Waals surface area contributed by atoms with Crippen molar-refractivity contribution in [3.05, 3.63) is 53.2 Å². The van der Waals surface area contributed by atoms with E-state index >= 15 is 0 Å². The summed E-state index contributed by atoms with van der Waals surface area (Å²) in [6.45, 7) is 4.14. The average Bonchev–Trinajstić information content (AvgIpc) is 2.40. The fourth-order valence-corrected chi connectivity index (χ4v) is 2.08. The topological polar surface area (TPSA) is 68.0 Å². The second kappa shape index (κ2) is 7.64. The van der Waals surface area contributed by atoms with Crippen LogP contribution < -0.4 is 11.1 Å². The van der Waals surface area contributed by atoms with E-state index < -0.39 is 0 Å². The standard InChI is InChI=1S/C16H19N3O.ClH/c1-11-3-4-13(12(2)9-11)5-8-16(20)19-14-6-7-15(17)18-10-14;/h3-4,6-7,9-10H,5,8H2,1-2H3,(H2,17,18)(H,19,20);1H. The molecule has 5 heteroatoms. The quantitative estimate of drug-likeness (QED) is 0.911. The highest BCUT2D eigenvalue weighted by Crippen LogP contribution is 2.13. The number of nitrogens with one attached hydrogen (secondary N) is 1. The van der Waals surface area contributed by atoms with E-state index in [-0.39, 0.29) is 18.3 Å². The van der Waals surface area contributed by atoms with Gasteiger partial charge in [-0.05, 0) is 43.5 Å². The largest absolute Gasteiger partial charge is 0.384 e. The smallest absolute Gasteiger partial charge is 0.224 e. The summed E-state index contributed by atoms with van der Waals surface area (Å²) in [5.74, 6) is 0.426. The Morgan fingerprint density at radius 3 is 2.62 bits per heavy atom. The molecule has 0 saturated heterocycles. The number of aryl methyl sites for hydroxylation is 3. The van der Waals surface area contributed by atoms with Crippen molar-refractivity contribution in [1.29, 1.82) is 0 Å². The molecule has 0 unspecified atom stereocenters. The maximum atomic E-state index is 11.9. The number of benzene rings is 1. The van der Waals surface area contributed by atoms with Crippen molar-refractivity contribution in [1.82, 2.24) is 4.98 Å². The third-order valence-corrected chi connectivity index (χ3v) is 3.19. The molecule has 1 heterocycles. The first kappa shape index (κ1) is 17.0. The van der Waals surface area contributed by atoms with Crippen LogP contribution in [0.5, 0.6) is 0 Å². The number of carbonyl (C=O) groups is 1. The van der Waals surface area contributed by atoms with E-state index in [2.05, 4.69) is 42.3 Å². The van der Waals surface area contributed by atoms with Crippen molar-refractivity contribution in [2.24, 2.45) is 0 Å². The van der Waals surface area contributed by atoms with Crippen LogP contribution in [0.15, 0.2) is 36.5 Å². The zero-order valence-electron chi connectivity index (χ0n) is 12.2. The lowest BCUT2D eigenvalue weighted by atomic mass is 10.0. The zero-order valence-corrected chi connectivity index (χ0v) is 13.0. The number of rotatable bonds is 4. The number of aromatic nitrogens is 1. The maximum Gasteiger partial charge on any atom is 0.224 e. The van der Waals surface area contributed by atoms with E-state index in [1.165, 1.54) is 16.7 Å². The van der Waals surface area contributed by atoms with Crippen molar-refractivity contribution in [2.75, 3.05) is 11.1 Å². The zero-order chi connectivity index (χ0) is 14.5. The van der Waals surface area contributed by atoms with Crippen LogP contribution in [0, 0.1) is 13.8 Å². The van der Waals surface area contributed by atoms with Crippen LogP contribution >= 0.6 is 12.4 Å². The highest BCUT2D eigenvalue weighted by atomic mass is 35.5. The lowest BCUT2D eigenvalue weighted by Crippen LogP contribution is -2.12. The summed E-state index contributed by atoms with van der Waals surface area (Å²) in [6, 6.07) is 9.71. The molecule has 112 valence electrons. The molecule has 3 N–H and O–H groups in total. The Balaban J connectivity index is 0.00000220. The summed E-state index contributed by atoms with van der Waals surface area (Å²) in [5, 5.41) is 2.81. The van der Waals surface area contributed by atoms with Gasteiger partial charge < -0.3 is 11.1 Å². The van der Waals surface area contributed by atoms with Gasteiger partial charge in [-0.3, -0.25) is 4.79 Å². The van der Waals surface area contributed by atoms with Gasteiger partial charge in [0.05, 0.1) is 11.9 Å². The Bertz CT molecular complexity index is 611. The molecule has 0 bridgehead atoms. The number of pyridine rings is 1. The number of nitrogens with two attached hydrogens (primary N) is 1. The first-order chi connectivity index (χ1) is 9.54. The summed E-state index contributed by atoms with van der Waals surface area (Å²) in [6.07, 6.45) is 2.75. The molecule has 21 heavy (non-hydrogen) atoms. The first-order valence-corrected chi connectivity index (χ1v) is 6.62. The molecule has 4 nitrogen and oxygen atoms in total. The number of amides is 1. The molecule has 1 aromatic carbocycles. The molecule has 0 fully saturated rings. The normalized spacial score (nSPS) is 9.81. The minimum Gasteiger partial charge on any atom is -0.384 e. The van der Waals surface area contributed by atoms with Crippen LogP contribution in [0.2, 0.25) is 0 Å². The van der Waals surface area contributed by atoms with Gasteiger partial charge in [-0.15, -0.1) is 12.4 Å². The molecule has 2 aromatic rings. The van der Waals surface area contributed by atoms with E-state index in [0.717, 1.165) is 6.42 Å². The number of hydrogen-bond donors (Lipinski definition) is 2. The first-order valence-electron chi connectivity index (χ1n) is 6.62. The number of anilines is 2. The fourth-order valence-electron chi connectivity index (χ4n) is 2.08. The van der Waals surface area contributed by atoms with E-state index in [4.69, 9.17) is 5.73 Å². The second-order valence-electron chi connectivity index (χ2n) is 4.95. The maximum absolute atomic E-state index is 11.9. The number of halogens is 1. The third-order valence-electron chi connectivity index (χ3n) is 3.19. The fraction of sp³-hybridized carbons (Fsp3) is 0.250.